The van der Waals surface area contributed by atoms with Crippen LogP contribution in [0.3, 0.4) is 0 Å². The van der Waals surface area contributed by atoms with Crippen molar-refractivity contribution < 1.29 is 4.39 Å². The van der Waals surface area contributed by atoms with Gasteiger partial charge in [-0.3, -0.25) is 0 Å². The van der Waals surface area contributed by atoms with Crippen molar-refractivity contribution in [1.29, 1.82) is 0 Å². The number of rotatable bonds is 6. The molecule has 6 nitrogen and oxygen atoms in total. The highest BCUT2D eigenvalue weighted by Gasteiger charge is 2.07. The Bertz CT molecular complexity index is 949. The number of nitrogens with one attached hydrogen (secondary N) is 2. The van der Waals surface area contributed by atoms with Gasteiger partial charge in [0, 0.05) is 13.6 Å². The third-order valence-electron chi connectivity index (χ3n) is 4.54. The van der Waals surface area contributed by atoms with Gasteiger partial charge in [-0.05, 0) is 36.6 Å². The van der Waals surface area contributed by atoms with Crippen LogP contribution in [0.2, 0.25) is 0 Å². The molecule has 2 N–H and O–H groups in total. The fraction of sp³-hybridized carbons (Fsp3) is 0.286. The van der Waals surface area contributed by atoms with Gasteiger partial charge in [-0.2, -0.15) is 0 Å². The van der Waals surface area contributed by atoms with Gasteiger partial charge in [0.1, 0.15) is 11.6 Å². The molecule has 0 bridgehead atoms. The van der Waals surface area contributed by atoms with E-state index in [0.717, 1.165) is 22.8 Å². The van der Waals surface area contributed by atoms with Gasteiger partial charge in [-0.1, -0.05) is 42.5 Å². The van der Waals surface area contributed by atoms with Crippen molar-refractivity contribution >= 4 is 5.96 Å². The monoisotopic (exact) mass is 380 g/mol. The number of nitrogens with zero attached hydrogens (tertiary/aromatic N) is 4. The standard InChI is InChI=1S/C21H25FN6/c1-15-11-18(9-10-19(15)22)13-24-21(23-12-17-7-5-4-6-8-17)25-14-20-27-26-16(2)28(20)3/h4-11H,12-14H2,1-3H3,(H2,23,24,25). The normalized spacial score (nSPS) is 11.5. The predicted octanol–water partition coefficient (Wildman–Crippen LogP) is 3.01. The van der Waals surface area contributed by atoms with Crippen molar-refractivity contribution in [3.8, 4) is 0 Å². The first kappa shape index (κ1) is 19.5. The van der Waals surface area contributed by atoms with E-state index < -0.39 is 0 Å². The molecule has 0 fully saturated rings. The van der Waals surface area contributed by atoms with Gasteiger partial charge >= 0.3 is 0 Å². The zero-order valence-corrected chi connectivity index (χ0v) is 16.4. The lowest BCUT2D eigenvalue weighted by Crippen LogP contribution is -2.37. The molecule has 0 radical (unpaired) electrons. The third kappa shape index (κ3) is 5.16. The van der Waals surface area contributed by atoms with Crippen LogP contribution in [-0.2, 0) is 26.7 Å². The summed E-state index contributed by atoms with van der Waals surface area (Å²) in [7, 11) is 1.93. The Labute approximate surface area is 164 Å². The van der Waals surface area contributed by atoms with Crippen LogP contribution in [0.25, 0.3) is 0 Å². The maximum Gasteiger partial charge on any atom is 0.192 e. The zero-order valence-electron chi connectivity index (χ0n) is 16.4. The van der Waals surface area contributed by atoms with Crippen LogP contribution in [0.4, 0.5) is 4.39 Å². The zero-order chi connectivity index (χ0) is 19.9. The lowest BCUT2D eigenvalue weighted by atomic mass is 10.1. The van der Waals surface area contributed by atoms with Crippen molar-refractivity contribution in [1.82, 2.24) is 25.4 Å². The molecular weight excluding hydrogens is 355 g/mol. The van der Waals surface area contributed by atoms with Gasteiger partial charge in [0.25, 0.3) is 0 Å². The first-order valence-corrected chi connectivity index (χ1v) is 9.19. The van der Waals surface area contributed by atoms with Crippen LogP contribution < -0.4 is 10.6 Å². The molecule has 7 heteroatoms. The van der Waals surface area contributed by atoms with Gasteiger partial charge in [0.2, 0.25) is 0 Å². The Morgan fingerprint density at radius 2 is 1.75 bits per heavy atom. The van der Waals surface area contributed by atoms with Gasteiger partial charge < -0.3 is 15.2 Å². The summed E-state index contributed by atoms with van der Waals surface area (Å²) < 4.78 is 15.4. The summed E-state index contributed by atoms with van der Waals surface area (Å²) in [5.41, 5.74) is 2.73. The molecule has 3 aromatic rings. The summed E-state index contributed by atoms with van der Waals surface area (Å²) in [4.78, 5) is 4.65. The Morgan fingerprint density at radius 1 is 1.00 bits per heavy atom. The van der Waals surface area contributed by atoms with Gasteiger partial charge in [-0.25, -0.2) is 9.38 Å². The molecule has 0 aliphatic rings. The summed E-state index contributed by atoms with van der Waals surface area (Å²) in [6, 6.07) is 15.2. The van der Waals surface area contributed by atoms with E-state index >= 15 is 0 Å². The Kier molecular flexibility index (Phi) is 6.37. The van der Waals surface area contributed by atoms with Gasteiger partial charge in [0.15, 0.2) is 11.8 Å². The minimum absolute atomic E-state index is 0.203. The highest BCUT2D eigenvalue weighted by molar-refractivity contribution is 5.79. The number of aliphatic imine (C=N–C) groups is 1. The van der Waals surface area contributed by atoms with Crippen LogP contribution >= 0.6 is 0 Å². The second kappa shape index (κ2) is 9.12. The van der Waals surface area contributed by atoms with Crippen LogP contribution in [-0.4, -0.2) is 20.7 Å². The molecule has 0 aliphatic heterocycles. The SMILES string of the molecule is Cc1cc(CN=C(NCc2ccccc2)NCc2nnc(C)n2C)ccc1F. The van der Waals surface area contributed by atoms with E-state index in [0.29, 0.717) is 31.2 Å². The predicted molar refractivity (Wildman–Crippen MR) is 108 cm³/mol. The second-order valence-corrected chi connectivity index (χ2v) is 6.66. The number of hydrogen-bond donors (Lipinski definition) is 2. The van der Waals surface area contributed by atoms with Crippen molar-refractivity contribution in [2.24, 2.45) is 12.0 Å². The summed E-state index contributed by atoms with van der Waals surface area (Å²) in [6.07, 6.45) is 0. The van der Waals surface area contributed by atoms with Crippen molar-refractivity contribution in [3.63, 3.8) is 0 Å². The average molecular weight is 380 g/mol. The quantitative estimate of drug-likeness (QED) is 0.510. The number of aromatic nitrogens is 3. The highest BCUT2D eigenvalue weighted by Crippen LogP contribution is 2.10. The maximum atomic E-state index is 13.5. The summed E-state index contributed by atoms with van der Waals surface area (Å²) in [5.74, 6) is 2.14. The molecular formula is C21H25FN6. The number of benzene rings is 2. The van der Waals surface area contributed by atoms with Crippen molar-refractivity contribution in [2.45, 2.75) is 33.5 Å². The van der Waals surface area contributed by atoms with E-state index in [1.165, 1.54) is 6.07 Å². The highest BCUT2D eigenvalue weighted by atomic mass is 19.1. The first-order valence-electron chi connectivity index (χ1n) is 9.19. The Balaban J connectivity index is 1.70. The molecule has 2 aromatic carbocycles. The van der Waals surface area contributed by atoms with Crippen LogP contribution in [0.1, 0.15) is 28.3 Å². The minimum atomic E-state index is -0.203. The summed E-state index contributed by atoms with van der Waals surface area (Å²) in [6.45, 7) is 5.26. The first-order chi connectivity index (χ1) is 13.5. The fourth-order valence-corrected chi connectivity index (χ4v) is 2.70. The van der Waals surface area contributed by atoms with Crippen LogP contribution in [0.15, 0.2) is 53.5 Å². The van der Waals surface area contributed by atoms with E-state index in [1.807, 2.05) is 42.8 Å². The fourth-order valence-electron chi connectivity index (χ4n) is 2.70. The molecule has 0 atom stereocenters. The molecule has 1 heterocycles. The third-order valence-corrected chi connectivity index (χ3v) is 4.54. The van der Waals surface area contributed by atoms with E-state index in [-0.39, 0.29) is 5.82 Å². The molecule has 0 saturated heterocycles. The summed E-state index contributed by atoms with van der Waals surface area (Å²) in [5, 5.41) is 14.9. The summed E-state index contributed by atoms with van der Waals surface area (Å²) >= 11 is 0. The number of hydrogen-bond acceptors (Lipinski definition) is 3. The second-order valence-electron chi connectivity index (χ2n) is 6.66. The van der Waals surface area contributed by atoms with Crippen LogP contribution in [0.5, 0.6) is 0 Å². The van der Waals surface area contributed by atoms with Crippen LogP contribution in [0, 0.1) is 19.7 Å². The minimum Gasteiger partial charge on any atom is -0.352 e. The molecule has 0 aliphatic carbocycles. The number of halogens is 1. The topological polar surface area (TPSA) is 67.1 Å². The molecule has 3 rings (SSSR count). The number of guanidine groups is 1. The maximum absolute atomic E-state index is 13.5. The largest absolute Gasteiger partial charge is 0.352 e. The molecule has 28 heavy (non-hydrogen) atoms. The van der Waals surface area contributed by atoms with Gasteiger partial charge in [0.05, 0.1) is 13.1 Å². The molecule has 0 unspecified atom stereocenters. The lowest BCUT2D eigenvalue weighted by molar-refractivity contribution is 0.617. The van der Waals surface area contributed by atoms with Gasteiger partial charge in [-0.15, -0.1) is 10.2 Å². The Morgan fingerprint density at radius 3 is 2.43 bits per heavy atom. The average Bonchev–Trinajstić information content (AvgIpc) is 3.03. The molecule has 1 aromatic heterocycles. The van der Waals surface area contributed by atoms with E-state index in [9.17, 15) is 4.39 Å². The van der Waals surface area contributed by atoms with E-state index in [4.69, 9.17) is 0 Å². The molecule has 0 amide bonds. The molecule has 0 spiro atoms. The van der Waals surface area contributed by atoms with Crippen molar-refractivity contribution in [3.05, 3.63) is 82.7 Å². The molecule has 0 saturated carbocycles. The molecule has 146 valence electrons. The number of aryl methyl sites for hydroxylation is 2. The van der Waals surface area contributed by atoms with Crippen molar-refractivity contribution in [2.75, 3.05) is 0 Å². The van der Waals surface area contributed by atoms with E-state index in [2.05, 4.69) is 38.0 Å². The lowest BCUT2D eigenvalue weighted by Gasteiger charge is -2.13. The van der Waals surface area contributed by atoms with E-state index in [1.54, 1.807) is 13.0 Å². The smallest absolute Gasteiger partial charge is 0.192 e. The Hall–Kier alpha value is -3.22.